The van der Waals surface area contributed by atoms with E-state index in [0.29, 0.717) is 6.04 Å². The zero-order chi connectivity index (χ0) is 13.0. The Morgan fingerprint density at radius 2 is 2.28 bits per heavy atom. The van der Waals surface area contributed by atoms with E-state index >= 15 is 0 Å². The third-order valence-corrected chi connectivity index (χ3v) is 3.81. The molecule has 1 aliphatic rings. The number of likely N-dealkylation sites (tertiary alicyclic amines) is 1. The summed E-state index contributed by atoms with van der Waals surface area (Å²) < 4.78 is 1.88. The highest BCUT2D eigenvalue weighted by Gasteiger charge is 2.17. The summed E-state index contributed by atoms with van der Waals surface area (Å²) in [5.41, 5.74) is 1.91. The van der Waals surface area contributed by atoms with Crippen LogP contribution in [0.15, 0.2) is 12.3 Å². The summed E-state index contributed by atoms with van der Waals surface area (Å²) in [6, 6.07) is 4.81. The molecule has 1 N–H and O–H groups in total. The minimum Gasteiger partial charge on any atom is -0.342 e. The lowest BCUT2D eigenvalue weighted by atomic mass is 10.0. The summed E-state index contributed by atoms with van der Waals surface area (Å²) >= 11 is 0. The first-order valence-corrected chi connectivity index (χ1v) is 6.67. The number of aryl methyl sites for hydroxylation is 1. The van der Waals surface area contributed by atoms with Gasteiger partial charge in [0.05, 0.1) is 0 Å². The van der Waals surface area contributed by atoms with Crippen LogP contribution < -0.4 is 5.32 Å². The Balaban J connectivity index is 1.79. The number of piperidine rings is 1. The summed E-state index contributed by atoms with van der Waals surface area (Å²) in [6.45, 7) is 3.10. The molecule has 18 heavy (non-hydrogen) atoms. The number of nitrogens with one attached hydrogen (secondary N) is 1. The summed E-state index contributed by atoms with van der Waals surface area (Å²) in [5.74, 6) is 0. The highest BCUT2D eigenvalue weighted by molar-refractivity contribution is 5.28. The SMILES string of the molecule is CN1CCCCC1CNCc1cc(C#N)n(C)c1. The van der Waals surface area contributed by atoms with Crippen LogP contribution >= 0.6 is 0 Å². The van der Waals surface area contributed by atoms with Gasteiger partial charge in [0.25, 0.3) is 0 Å². The average molecular weight is 246 g/mol. The van der Waals surface area contributed by atoms with E-state index in [9.17, 15) is 0 Å². The van der Waals surface area contributed by atoms with Gasteiger partial charge in [-0.1, -0.05) is 6.42 Å². The van der Waals surface area contributed by atoms with Crippen LogP contribution in [0.4, 0.5) is 0 Å². The number of aromatic nitrogens is 1. The first kappa shape index (κ1) is 13.1. The molecule has 1 atom stereocenters. The molecule has 0 radical (unpaired) electrons. The minimum absolute atomic E-state index is 0.665. The van der Waals surface area contributed by atoms with Gasteiger partial charge in [0.1, 0.15) is 11.8 Å². The molecule has 0 bridgehead atoms. The number of hydrogen-bond acceptors (Lipinski definition) is 3. The van der Waals surface area contributed by atoms with Gasteiger partial charge in [0, 0.05) is 32.4 Å². The molecule has 2 rings (SSSR count). The number of nitriles is 1. The third kappa shape index (κ3) is 3.12. The molecule has 1 unspecified atom stereocenters. The van der Waals surface area contributed by atoms with Gasteiger partial charge in [-0.25, -0.2) is 0 Å². The number of nitrogens with zero attached hydrogens (tertiary/aromatic N) is 3. The predicted molar refractivity (Wildman–Crippen MR) is 72.1 cm³/mol. The highest BCUT2D eigenvalue weighted by Crippen LogP contribution is 2.14. The van der Waals surface area contributed by atoms with Crippen molar-refractivity contribution in [1.82, 2.24) is 14.8 Å². The number of hydrogen-bond donors (Lipinski definition) is 1. The Hall–Kier alpha value is -1.31. The van der Waals surface area contributed by atoms with Gasteiger partial charge in [-0.3, -0.25) is 0 Å². The molecule has 2 heterocycles. The second-order valence-corrected chi connectivity index (χ2v) is 5.22. The van der Waals surface area contributed by atoms with E-state index in [4.69, 9.17) is 5.26 Å². The zero-order valence-electron chi connectivity index (χ0n) is 11.3. The van der Waals surface area contributed by atoms with Gasteiger partial charge in [0.2, 0.25) is 0 Å². The predicted octanol–water partition coefficient (Wildman–Crippen LogP) is 1.47. The maximum atomic E-state index is 8.90. The van der Waals surface area contributed by atoms with Gasteiger partial charge in [-0.15, -0.1) is 0 Å². The van der Waals surface area contributed by atoms with Crippen LogP contribution in [0.2, 0.25) is 0 Å². The summed E-state index contributed by atoms with van der Waals surface area (Å²) in [4.78, 5) is 2.45. The molecule has 98 valence electrons. The van der Waals surface area contributed by atoms with Crippen molar-refractivity contribution in [3.63, 3.8) is 0 Å². The molecule has 0 amide bonds. The van der Waals surface area contributed by atoms with Crippen LogP contribution in [0.5, 0.6) is 0 Å². The number of rotatable bonds is 4. The maximum Gasteiger partial charge on any atom is 0.120 e. The second-order valence-electron chi connectivity index (χ2n) is 5.22. The van der Waals surface area contributed by atoms with E-state index in [1.54, 1.807) is 0 Å². The van der Waals surface area contributed by atoms with E-state index in [1.165, 1.54) is 31.4 Å². The smallest absolute Gasteiger partial charge is 0.120 e. The van der Waals surface area contributed by atoms with Crippen molar-refractivity contribution in [3.8, 4) is 6.07 Å². The van der Waals surface area contributed by atoms with E-state index in [1.807, 2.05) is 23.9 Å². The van der Waals surface area contributed by atoms with Crippen LogP contribution in [-0.2, 0) is 13.6 Å². The molecule has 0 aromatic carbocycles. The third-order valence-electron chi connectivity index (χ3n) is 3.81. The molecule has 4 nitrogen and oxygen atoms in total. The fourth-order valence-corrected chi connectivity index (χ4v) is 2.63. The molecule has 1 aromatic heterocycles. The largest absolute Gasteiger partial charge is 0.342 e. The topological polar surface area (TPSA) is 44.0 Å². The number of likely N-dealkylation sites (N-methyl/N-ethyl adjacent to an activating group) is 1. The van der Waals surface area contributed by atoms with Crippen molar-refractivity contribution in [1.29, 1.82) is 5.26 Å². The molecular weight excluding hydrogens is 224 g/mol. The van der Waals surface area contributed by atoms with E-state index < -0.39 is 0 Å². The Morgan fingerprint density at radius 3 is 2.94 bits per heavy atom. The van der Waals surface area contributed by atoms with Crippen molar-refractivity contribution < 1.29 is 0 Å². The summed E-state index contributed by atoms with van der Waals surface area (Å²) in [7, 11) is 4.12. The quantitative estimate of drug-likeness (QED) is 0.875. The van der Waals surface area contributed by atoms with Gasteiger partial charge < -0.3 is 14.8 Å². The van der Waals surface area contributed by atoms with Gasteiger partial charge >= 0.3 is 0 Å². The zero-order valence-corrected chi connectivity index (χ0v) is 11.3. The van der Waals surface area contributed by atoms with Crippen molar-refractivity contribution in [2.75, 3.05) is 20.1 Å². The average Bonchev–Trinajstić information content (AvgIpc) is 2.72. The van der Waals surface area contributed by atoms with Gasteiger partial charge in [0.15, 0.2) is 0 Å². The molecule has 0 saturated carbocycles. The Kier molecular flexibility index (Phi) is 4.40. The summed E-state index contributed by atoms with van der Waals surface area (Å²) in [6.07, 6.45) is 6.00. The minimum atomic E-state index is 0.665. The summed E-state index contributed by atoms with van der Waals surface area (Å²) in [5, 5.41) is 12.4. The Bertz CT molecular complexity index is 429. The Morgan fingerprint density at radius 1 is 1.44 bits per heavy atom. The highest BCUT2D eigenvalue weighted by atomic mass is 15.2. The monoisotopic (exact) mass is 246 g/mol. The lowest BCUT2D eigenvalue weighted by Gasteiger charge is -2.32. The van der Waals surface area contributed by atoms with Crippen LogP contribution in [0.1, 0.15) is 30.5 Å². The van der Waals surface area contributed by atoms with Crippen molar-refractivity contribution in [3.05, 3.63) is 23.5 Å². The van der Waals surface area contributed by atoms with E-state index in [-0.39, 0.29) is 0 Å². The fraction of sp³-hybridized carbons (Fsp3) is 0.643. The molecule has 4 heteroatoms. The van der Waals surface area contributed by atoms with Crippen LogP contribution in [0.3, 0.4) is 0 Å². The van der Waals surface area contributed by atoms with Crippen LogP contribution in [-0.4, -0.2) is 35.6 Å². The van der Waals surface area contributed by atoms with Gasteiger partial charge in [-0.05, 0) is 38.1 Å². The first-order chi connectivity index (χ1) is 8.70. The standard InChI is InChI=1S/C14H22N4/c1-17-6-4-3-5-13(17)10-16-9-12-7-14(8-15)18(2)11-12/h7,11,13,16H,3-6,9-10H2,1-2H3. The van der Waals surface area contributed by atoms with Crippen molar-refractivity contribution in [2.24, 2.45) is 7.05 Å². The first-order valence-electron chi connectivity index (χ1n) is 6.67. The molecule has 1 fully saturated rings. The molecular formula is C14H22N4. The molecule has 1 aliphatic heterocycles. The van der Waals surface area contributed by atoms with Crippen LogP contribution in [0, 0.1) is 11.3 Å². The van der Waals surface area contributed by atoms with Crippen LogP contribution in [0.25, 0.3) is 0 Å². The Labute approximate surface area is 109 Å². The lowest BCUT2D eigenvalue weighted by molar-refractivity contribution is 0.181. The second kappa shape index (κ2) is 6.03. The maximum absolute atomic E-state index is 8.90. The molecule has 1 aromatic rings. The fourth-order valence-electron chi connectivity index (χ4n) is 2.63. The normalized spacial score (nSPS) is 20.8. The van der Waals surface area contributed by atoms with Crippen molar-refractivity contribution >= 4 is 0 Å². The molecule has 1 saturated heterocycles. The van der Waals surface area contributed by atoms with E-state index in [2.05, 4.69) is 23.3 Å². The van der Waals surface area contributed by atoms with E-state index in [0.717, 1.165) is 18.8 Å². The van der Waals surface area contributed by atoms with Gasteiger partial charge in [-0.2, -0.15) is 5.26 Å². The lowest BCUT2D eigenvalue weighted by Crippen LogP contribution is -2.42. The molecule has 0 spiro atoms. The van der Waals surface area contributed by atoms with Crippen molar-refractivity contribution in [2.45, 2.75) is 31.8 Å². The molecule has 0 aliphatic carbocycles.